The number of benzene rings is 2. The van der Waals surface area contributed by atoms with Gasteiger partial charge in [-0.2, -0.15) is 0 Å². The zero-order valence-corrected chi connectivity index (χ0v) is 16.5. The second kappa shape index (κ2) is 9.49. The van der Waals surface area contributed by atoms with Crippen molar-refractivity contribution in [3.05, 3.63) is 59.9 Å². The van der Waals surface area contributed by atoms with Crippen molar-refractivity contribution in [1.82, 2.24) is 15.3 Å². The van der Waals surface area contributed by atoms with E-state index in [-0.39, 0.29) is 18.3 Å². The van der Waals surface area contributed by atoms with E-state index in [1.165, 1.54) is 12.1 Å². The molecule has 0 atom stereocenters. The molecule has 3 aromatic rings. The van der Waals surface area contributed by atoms with Crippen LogP contribution in [0.3, 0.4) is 0 Å². The zero-order chi connectivity index (χ0) is 20.8. The molecule has 0 spiro atoms. The topological polar surface area (TPSA) is 76.6 Å². The predicted octanol–water partition coefficient (Wildman–Crippen LogP) is 2.34. The van der Waals surface area contributed by atoms with Crippen molar-refractivity contribution < 1.29 is 18.7 Å². The van der Waals surface area contributed by atoms with Crippen molar-refractivity contribution in [2.24, 2.45) is 0 Å². The van der Waals surface area contributed by atoms with Crippen molar-refractivity contribution in [2.75, 3.05) is 44.4 Å². The van der Waals surface area contributed by atoms with Gasteiger partial charge in [-0.05, 0) is 36.2 Å². The lowest BCUT2D eigenvalue weighted by Crippen LogP contribution is -2.37. The van der Waals surface area contributed by atoms with Crippen molar-refractivity contribution in [1.29, 1.82) is 0 Å². The molecule has 1 amide bonds. The van der Waals surface area contributed by atoms with E-state index in [0.717, 1.165) is 11.1 Å². The lowest BCUT2D eigenvalue weighted by Gasteiger charge is -2.28. The van der Waals surface area contributed by atoms with Gasteiger partial charge in [0.05, 0.1) is 24.2 Å². The van der Waals surface area contributed by atoms with Crippen LogP contribution in [0.5, 0.6) is 5.88 Å². The second-order valence-corrected chi connectivity index (χ2v) is 6.96. The molecular weight excluding hydrogens is 387 g/mol. The number of para-hydroxylation sites is 2. The van der Waals surface area contributed by atoms with Gasteiger partial charge in [-0.15, -0.1) is 0 Å². The molecule has 1 N–H and O–H groups in total. The van der Waals surface area contributed by atoms with Gasteiger partial charge in [-0.25, -0.2) is 14.4 Å². The number of nitrogens with one attached hydrogen (secondary N) is 1. The van der Waals surface area contributed by atoms with Gasteiger partial charge in [-0.1, -0.05) is 24.3 Å². The fraction of sp³-hybridized carbons (Fsp3) is 0.318. The smallest absolute Gasteiger partial charge is 0.258 e. The largest absolute Gasteiger partial charge is 0.465 e. The molecule has 30 heavy (non-hydrogen) atoms. The van der Waals surface area contributed by atoms with Crippen molar-refractivity contribution in [3.8, 4) is 5.88 Å². The first-order chi connectivity index (χ1) is 14.7. The van der Waals surface area contributed by atoms with Crippen LogP contribution in [0.1, 0.15) is 5.56 Å². The molecule has 2 aromatic carbocycles. The predicted molar refractivity (Wildman–Crippen MR) is 111 cm³/mol. The van der Waals surface area contributed by atoms with Crippen LogP contribution in [0.4, 0.5) is 10.2 Å². The summed E-state index contributed by atoms with van der Waals surface area (Å²) in [6.07, 6.45) is 0.612. The van der Waals surface area contributed by atoms with Crippen molar-refractivity contribution in [2.45, 2.75) is 6.42 Å². The number of carbonyl (C=O) groups excluding carboxylic acids is 1. The highest BCUT2D eigenvalue weighted by Gasteiger charge is 2.20. The Hall–Kier alpha value is -3.26. The molecule has 1 fully saturated rings. The van der Waals surface area contributed by atoms with E-state index in [1.54, 1.807) is 12.1 Å². The quantitative estimate of drug-likeness (QED) is 0.644. The average Bonchev–Trinajstić information content (AvgIpc) is 2.79. The fourth-order valence-corrected chi connectivity index (χ4v) is 3.23. The van der Waals surface area contributed by atoms with Crippen LogP contribution >= 0.6 is 0 Å². The summed E-state index contributed by atoms with van der Waals surface area (Å²) in [7, 11) is 0. The molecule has 0 saturated carbocycles. The summed E-state index contributed by atoms with van der Waals surface area (Å²) in [4.78, 5) is 23.6. The van der Waals surface area contributed by atoms with Crippen LogP contribution in [0.15, 0.2) is 48.5 Å². The molecule has 1 saturated heterocycles. The Morgan fingerprint density at radius 3 is 2.50 bits per heavy atom. The standard InChI is InChI=1S/C22H23FN4O3/c23-17-7-5-16(6-8-17)9-10-24-20(28)15-30-22-21(27-11-13-29-14-12-27)25-18-3-1-2-4-19(18)26-22/h1-8H,9-15H2,(H,24,28). The monoisotopic (exact) mass is 410 g/mol. The minimum atomic E-state index is -0.274. The molecule has 0 radical (unpaired) electrons. The number of fused-ring (bicyclic) bond motifs is 1. The van der Waals surface area contributed by atoms with Crippen LogP contribution in [0.2, 0.25) is 0 Å². The number of ether oxygens (including phenoxy) is 2. The summed E-state index contributed by atoms with van der Waals surface area (Å²) in [5.74, 6) is 0.434. The Morgan fingerprint density at radius 2 is 1.77 bits per heavy atom. The third-order valence-corrected chi connectivity index (χ3v) is 4.82. The van der Waals surface area contributed by atoms with Gasteiger partial charge in [0.15, 0.2) is 12.4 Å². The van der Waals surface area contributed by atoms with E-state index < -0.39 is 0 Å². The number of anilines is 1. The van der Waals surface area contributed by atoms with Crippen molar-refractivity contribution >= 4 is 22.8 Å². The zero-order valence-electron chi connectivity index (χ0n) is 16.5. The first-order valence-corrected chi connectivity index (χ1v) is 9.92. The van der Waals surface area contributed by atoms with Crippen LogP contribution in [-0.2, 0) is 16.0 Å². The molecule has 0 unspecified atom stereocenters. The number of amides is 1. The van der Waals surface area contributed by atoms with Gasteiger partial charge in [0.1, 0.15) is 5.82 Å². The molecule has 1 aliphatic rings. The molecule has 0 aliphatic carbocycles. The lowest BCUT2D eigenvalue weighted by atomic mass is 10.1. The van der Waals surface area contributed by atoms with E-state index >= 15 is 0 Å². The van der Waals surface area contributed by atoms with Gasteiger partial charge in [-0.3, -0.25) is 4.79 Å². The summed E-state index contributed by atoms with van der Waals surface area (Å²) in [5, 5.41) is 2.81. The molecule has 1 aromatic heterocycles. The molecule has 8 heteroatoms. The number of morpholine rings is 1. The Labute approximate surface area is 173 Å². The Balaban J connectivity index is 1.39. The lowest BCUT2D eigenvalue weighted by molar-refractivity contribution is -0.123. The van der Waals surface area contributed by atoms with E-state index in [0.29, 0.717) is 56.5 Å². The maximum Gasteiger partial charge on any atom is 0.258 e. The normalized spacial score (nSPS) is 14.0. The summed E-state index contributed by atoms with van der Waals surface area (Å²) in [6.45, 7) is 2.87. The Morgan fingerprint density at radius 1 is 1.07 bits per heavy atom. The average molecular weight is 410 g/mol. The SMILES string of the molecule is O=C(COc1nc2ccccc2nc1N1CCOCC1)NCCc1ccc(F)cc1. The maximum atomic E-state index is 13.0. The van der Waals surface area contributed by atoms with Gasteiger partial charge in [0.25, 0.3) is 11.8 Å². The molecular formula is C22H23FN4O3. The minimum Gasteiger partial charge on any atom is -0.465 e. The third-order valence-electron chi connectivity index (χ3n) is 4.82. The number of halogens is 1. The van der Waals surface area contributed by atoms with E-state index in [4.69, 9.17) is 14.5 Å². The highest BCUT2D eigenvalue weighted by atomic mass is 19.1. The molecule has 1 aliphatic heterocycles. The molecule has 2 heterocycles. The van der Waals surface area contributed by atoms with Gasteiger partial charge >= 0.3 is 0 Å². The van der Waals surface area contributed by atoms with Crippen LogP contribution in [-0.4, -0.2) is 55.3 Å². The first-order valence-electron chi connectivity index (χ1n) is 9.92. The highest BCUT2D eigenvalue weighted by Crippen LogP contribution is 2.27. The Bertz CT molecular complexity index is 1010. The van der Waals surface area contributed by atoms with Gasteiger partial charge in [0, 0.05) is 19.6 Å². The van der Waals surface area contributed by atoms with Gasteiger partial charge in [0.2, 0.25) is 0 Å². The summed E-state index contributed by atoms with van der Waals surface area (Å²) in [6, 6.07) is 13.8. The van der Waals surface area contributed by atoms with E-state index in [2.05, 4.69) is 15.2 Å². The van der Waals surface area contributed by atoms with Crippen LogP contribution < -0.4 is 15.0 Å². The summed E-state index contributed by atoms with van der Waals surface area (Å²) in [5.41, 5.74) is 2.43. The fourth-order valence-electron chi connectivity index (χ4n) is 3.23. The number of nitrogens with zero attached hydrogens (tertiary/aromatic N) is 3. The Kier molecular flexibility index (Phi) is 6.34. The molecule has 0 bridgehead atoms. The van der Waals surface area contributed by atoms with E-state index in [9.17, 15) is 9.18 Å². The van der Waals surface area contributed by atoms with Crippen LogP contribution in [0, 0.1) is 5.82 Å². The van der Waals surface area contributed by atoms with Gasteiger partial charge < -0.3 is 19.7 Å². The van der Waals surface area contributed by atoms with Crippen LogP contribution in [0.25, 0.3) is 11.0 Å². The highest BCUT2D eigenvalue weighted by molar-refractivity contribution is 5.79. The summed E-state index contributed by atoms with van der Waals surface area (Å²) < 4.78 is 24.1. The number of hydrogen-bond acceptors (Lipinski definition) is 6. The number of hydrogen-bond donors (Lipinski definition) is 1. The maximum absolute atomic E-state index is 13.0. The molecule has 7 nitrogen and oxygen atoms in total. The van der Waals surface area contributed by atoms with Crippen molar-refractivity contribution in [3.63, 3.8) is 0 Å². The third kappa shape index (κ3) is 5.01. The second-order valence-electron chi connectivity index (χ2n) is 6.96. The number of rotatable bonds is 7. The molecule has 4 rings (SSSR count). The number of aromatic nitrogens is 2. The minimum absolute atomic E-state index is 0.159. The first kappa shape index (κ1) is 20.0. The summed E-state index contributed by atoms with van der Waals surface area (Å²) >= 11 is 0. The van der Waals surface area contributed by atoms with E-state index in [1.807, 2.05) is 24.3 Å². The molecule has 156 valence electrons. The number of carbonyl (C=O) groups is 1.